The standard InChI is InChI=1S/C29H41BrO6/c1-17(14-15-35-16-21-10-8-7-9-11-21)12-13-22-18(2)25(31)19(3)27(36-22)23-24(30)28(33-5)20(4)29(34-6)26(23)32/h7-11,17-19,22,25,27,31-32H,12-16H2,1-6H3/t17-,18-,19+,22+,25-,27+/m0/s1. The minimum absolute atomic E-state index is 0.0176. The first-order valence-corrected chi connectivity index (χ1v) is 13.6. The average molecular weight is 566 g/mol. The molecule has 6 atom stereocenters. The van der Waals surface area contributed by atoms with Gasteiger partial charge in [-0.2, -0.15) is 0 Å². The van der Waals surface area contributed by atoms with Gasteiger partial charge >= 0.3 is 0 Å². The number of aromatic hydroxyl groups is 1. The van der Waals surface area contributed by atoms with Crippen molar-refractivity contribution in [1.82, 2.24) is 0 Å². The number of benzene rings is 2. The molecule has 2 aromatic rings. The Morgan fingerprint density at radius 1 is 1.03 bits per heavy atom. The highest BCUT2D eigenvalue weighted by atomic mass is 79.9. The summed E-state index contributed by atoms with van der Waals surface area (Å²) in [5.41, 5.74) is 2.44. The topological polar surface area (TPSA) is 77.4 Å². The Bertz CT molecular complexity index is 950. The minimum Gasteiger partial charge on any atom is -0.504 e. The van der Waals surface area contributed by atoms with E-state index in [2.05, 4.69) is 35.0 Å². The van der Waals surface area contributed by atoms with Crippen molar-refractivity contribution in [3.8, 4) is 17.2 Å². The number of halogens is 1. The zero-order valence-electron chi connectivity index (χ0n) is 22.3. The molecule has 1 saturated heterocycles. The van der Waals surface area contributed by atoms with Crippen LogP contribution in [0.25, 0.3) is 0 Å². The van der Waals surface area contributed by atoms with Gasteiger partial charge in [0.1, 0.15) is 5.75 Å². The van der Waals surface area contributed by atoms with Crippen LogP contribution in [0.1, 0.15) is 62.8 Å². The Morgan fingerprint density at radius 2 is 1.69 bits per heavy atom. The van der Waals surface area contributed by atoms with E-state index in [1.807, 2.05) is 39.0 Å². The van der Waals surface area contributed by atoms with Gasteiger partial charge in [-0.3, -0.25) is 0 Å². The van der Waals surface area contributed by atoms with Crippen LogP contribution in [0.3, 0.4) is 0 Å². The molecule has 0 aliphatic carbocycles. The Hall–Kier alpha value is -1.80. The summed E-state index contributed by atoms with van der Waals surface area (Å²) in [6, 6.07) is 10.2. The summed E-state index contributed by atoms with van der Waals surface area (Å²) in [5, 5.41) is 22.2. The number of hydrogen-bond acceptors (Lipinski definition) is 6. The zero-order chi connectivity index (χ0) is 26.4. The van der Waals surface area contributed by atoms with Gasteiger partial charge in [0.05, 0.1) is 43.6 Å². The highest BCUT2D eigenvalue weighted by molar-refractivity contribution is 9.10. The monoisotopic (exact) mass is 564 g/mol. The lowest BCUT2D eigenvalue weighted by molar-refractivity contribution is -0.169. The average Bonchev–Trinajstić information content (AvgIpc) is 2.87. The fraction of sp³-hybridized carbons (Fsp3) is 0.586. The number of methoxy groups -OCH3 is 2. The Balaban J connectivity index is 1.66. The summed E-state index contributed by atoms with van der Waals surface area (Å²) in [5.74, 6) is 1.18. The molecule has 0 bridgehead atoms. The lowest BCUT2D eigenvalue weighted by atomic mass is 9.78. The molecule has 0 amide bonds. The maximum atomic E-state index is 11.1. The van der Waals surface area contributed by atoms with Crippen LogP contribution in [0, 0.1) is 24.7 Å². The summed E-state index contributed by atoms with van der Waals surface area (Å²) in [6.45, 7) is 9.41. The lowest BCUT2D eigenvalue weighted by Crippen LogP contribution is -2.45. The molecule has 200 valence electrons. The van der Waals surface area contributed by atoms with E-state index in [0.29, 0.717) is 46.2 Å². The third kappa shape index (κ3) is 6.36. The molecule has 1 heterocycles. The molecule has 2 aromatic carbocycles. The van der Waals surface area contributed by atoms with Crippen LogP contribution < -0.4 is 9.47 Å². The fourth-order valence-electron chi connectivity index (χ4n) is 5.16. The summed E-state index contributed by atoms with van der Waals surface area (Å²) in [6.07, 6.45) is 1.53. The van der Waals surface area contributed by atoms with Crippen molar-refractivity contribution in [2.75, 3.05) is 20.8 Å². The van der Waals surface area contributed by atoms with Crippen LogP contribution in [0.2, 0.25) is 0 Å². The first-order valence-electron chi connectivity index (χ1n) is 12.8. The van der Waals surface area contributed by atoms with Crippen molar-refractivity contribution in [2.45, 2.75) is 71.9 Å². The summed E-state index contributed by atoms with van der Waals surface area (Å²) in [7, 11) is 3.11. The molecule has 0 spiro atoms. The van der Waals surface area contributed by atoms with Crippen LogP contribution in [0.4, 0.5) is 0 Å². The van der Waals surface area contributed by atoms with E-state index in [-0.39, 0.29) is 23.7 Å². The summed E-state index contributed by atoms with van der Waals surface area (Å²) in [4.78, 5) is 0. The number of aliphatic hydroxyl groups excluding tert-OH is 1. The second-order valence-electron chi connectivity index (χ2n) is 10.1. The van der Waals surface area contributed by atoms with Crippen LogP contribution in [-0.2, 0) is 16.1 Å². The van der Waals surface area contributed by atoms with Crippen molar-refractivity contribution in [2.24, 2.45) is 17.8 Å². The van der Waals surface area contributed by atoms with Gasteiger partial charge in [-0.25, -0.2) is 0 Å². The third-order valence-corrected chi connectivity index (χ3v) is 8.34. The number of phenols is 1. The molecule has 0 unspecified atom stereocenters. The third-order valence-electron chi connectivity index (χ3n) is 7.55. The van der Waals surface area contributed by atoms with Gasteiger partial charge < -0.3 is 29.2 Å². The minimum atomic E-state index is -0.567. The van der Waals surface area contributed by atoms with Crippen LogP contribution in [-0.4, -0.2) is 43.2 Å². The smallest absolute Gasteiger partial charge is 0.167 e. The highest BCUT2D eigenvalue weighted by Gasteiger charge is 2.43. The van der Waals surface area contributed by atoms with Crippen molar-refractivity contribution in [3.63, 3.8) is 0 Å². The number of hydrogen-bond donors (Lipinski definition) is 2. The molecular formula is C29H41BrO6. The predicted molar refractivity (Wildman–Crippen MR) is 145 cm³/mol. The summed E-state index contributed by atoms with van der Waals surface area (Å²) < 4.78 is 24.2. The van der Waals surface area contributed by atoms with E-state index >= 15 is 0 Å². The van der Waals surface area contributed by atoms with Gasteiger partial charge in [-0.1, -0.05) is 51.1 Å². The normalized spacial score (nSPS) is 24.9. The molecule has 1 aliphatic heterocycles. The maximum Gasteiger partial charge on any atom is 0.167 e. The van der Waals surface area contributed by atoms with Gasteiger partial charge in [0.25, 0.3) is 0 Å². The second kappa shape index (κ2) is 13.1. The maximum absolute atomic E-state index is 11.1. The molecule has 0 aromatic heterocycles. The molecule has 36 heavy (non-hydrogen) atoms. The second-order valence-corrected chi connectivity index (χ2v) is 10.9. The quantitative estimate of drug-likeness (QED) is 0.300. The molecular weight excluding hydrogens is 524 g/mol. The largest absolute Gasteiger partial charge is 0.504 e. The van der Waals surface area contributed by atoms with Crippen molar-refractivity contribution >= 4 is 15.9 Å². The number of aliphatic hydroxyl groups is 1. The molecule has 7 heteroatoms. The van der Waals surface area contributed by atoms with Crippen LogP contribution in [0.5, 0.6) is 17.2 Å². The first-order chi connectivity index (χ1) is 17.2. The Kier molecular flexibility index (Phi) is 10.5. The number of rotatable bonds is 11. The van der Waals surface area contributed by atoms with Crippen LogP contribution in [0.15, 0.2) is 34.8 Å². The number of phenolic OH excluding ortho intramolecular Hbond substituents is 1. The van der Waals surface area contributed by atoms with Crippen molar-refractivity contribution < 1.29 is 29.2 Å². The van der Waals surface area contributed by atoms with E-state index in [1.54, 1.807) is 7.11 Å². The van der Waals surface area contributed by atoms with Gasteiger partial charge in [0, 0.05) is 29.6 Å². The van der Waals surface area contributed by atoms with E-state index in [0.717, 1.165) is 19.3 Å². The van der Waals surface area contributed by atoms with Crippen molar-refractivity contribution in [1.29, 1.82) is 0 Å². The van der Waals surface area contributed by atoms with Gasteiger partial charge in [-0.05, 0) is 53.6 Å². The van der Waals surface area contributed by atoms with E-state index in [1.165, 1.54) is 12.7 Å². The molecule has 6 nitrogen and oxygen atoms in total. The summed E-state index contributed by atoms with van der Waals surface area (Å²) >= 11 is 3.62. The van der Waals surface area contributed by atoms with E-state index in [4.69, 9.17) is 18.9 Å². The first kappa shape index (κ1) is 28.8. The molecule has 1 aliphatic rings. The molecule has 0 saturated carbocycles. The molecule has 2 N–H and O–H groups in total. The highest BCUT2D eigenvalue weighted by Crippen LogP contribution is 2.53. The Morgan fingerprint density at radius 3 is 2.33 bits per heavy atom. The van der Waals surface area contributed by atoms with Gasteiger partial charge in [0.15, 0.2) is 11.5 Å². The molecule has 1 fully saturated rings. The van der Waals surface area contributed by atoms with Gasteiger partial charge in [0.2, 0.25) is 0 Å². The lowest BCUT2D eigenvalue weighted by Gasteiger charge is -2.44. The van der Waals surface area contributed by atoms with Crippen LogP contribution >= 0.6 is 15.9 Å². The zero-order valence-corrected chi connectivity index (χ0v) is 23.9. The SMILES string of the molecule is COc1c(C)c(OC)c(Br)c([C@@H]2O[C@H](CC[C@H](C)CCOCc3ccccc3)[C@H](C)[C@H](O)[C@H]2C)c1O. The molecule has 3 rings (SSSR count). The predicted octanol–water partition coefficient (Wildman–Crippen LogP) is 6.58. The van der Waals surface area contributed by atoms with E-state index in [9.17, 15) is 10.2 Å². The van der Waals surface area contributed by atoms with Gasteiger partial charge in [-0.15, -0.1) is 0 Å². The Labute approximate surface area is 224 Å². The van der Waals surface area contributed by atoms with E-state index < -0.39 is 12.2 Å². The number of ether oxygens (including phenoxy) is 4. The molecule has 0 radical (unpaired) electrons. The fourth-order valence-corrected chi connectivity index (χ4v) is 6.04. The van der Waals surface area contributed by atoms with Crippen molar-refractivity contribution in [3.05, 3.63) is 51.5 Å².